The summed E-state index contributed by atoms with van der Waals surface area (Å²) in [6.07, 6.45) is 9.87. The van der Waals surface area contributed by atoms with Crippen LogP contribution in [-0.4, -0.2) is 36.4 Å². The second-order valence-corrected chi connectivity index (χ2v) is 12.0. The number of carbonyl (C=O) groups is 2. The van der Waals surface area contributed by atoms with E-state index in [-0.39, 0.29) is 35.0 Å². The molecule has 0 aromatic heterocycles. The molecule has 0 saturated heterocycles. The van der Waals surface area contributed by atoms with Gasteiger partial charge >= 0.3 is 11.9 Å². The summed E-state index contributed by atoms with van der Waals surface area (Å²) < 4.78 is 10.9. The van der Waals surface area contributed by atoms with Crippen LogP contribution in [0.3, 0.4) is 0 Å². The van der Waals surface area contributed by atoms with Crippen molar-refractivity contribution in [1.29, 1.82) is 0 Å². The van der Waals surface area contributed by atoms with Crippen LogP contribution in [0.15, 0.2) is 0 Å². The highest BCUT2D eigenvalue weighted by atomic mass is 16.5. The molecule has 1 N–H and O–H groups in total. The number of hydrogen-bond acceptors (Lipinski definition) is 5. The van der Waals surface area contributed by atoms with E-state index in [4.69, 9.17) is 9.47 Å². The Balaban J connectivity index is 1.63. The Morgan fingerprint density at radius 2 is 1.84 bits per heavy atom. The van der Waals surface area contributed by atoms with Gasteiger partial charge in [-0.25, -0.2) is 0 Å². The van der Waals surface area contributed by atoms with Crippen LogP contribution in [0, 0.1) is 46.3 Å². The Morgan fingerprint density at radius 1 is 1.09 bits per heavy atom. The Kier molecular flexibility index (Phi) is 6.70. The Labute approximate surface area is 194 Å². The normalized spacial score (nSPS) is 46.4. The van der Waals surface area contributed by atoms with Crippen LogP contribution < -0.4 is 0 Å². The average Bonchev–Trinajstić information content (AvgIpc) is 3.11. The molecule has 182 valence electrons. The third kappa shape index (κ3) is 3.80. The molecule has 0 amide bonds. The lowest BCUT2D eigenvalue weighted by atomic mass is 9.43. The molecule has 4 aliphatic rings. The minimum absolute atomic E-state index is 0.0189. The lowest BCUT2D eigenvalue weighted by Gasteiger charge is -2.63. The van der Waals surface area contributed by atoms with Crippen molar-refractivity contribution in [3.63, 3.8) is 0 Å². The molecule has 5 heteroatoms. The largest absolute Gasteiger partial charge is 0.469 e. The maximum Gasteiger partial charge on any atom is 0.305 e. The number of ether oxygens (including phenoxy) is 2. The van der Waals surface area contributed by atoms with Crippen LogP contribution >= 0.6 is 0 Å². The maximum absolute atomic E-state index is 12.1. The first-order chi connectivity index (χ1) is 15.1. The monoisotopic (exact) mass is 448 g/mol. The van der Waals surface area contributed by atoms with Crippen molar-refractivity contribution in [3.8, 4) is 0 Å². The third-order valence-electron chi connectivity index (χ3n) is 10.8. The van der Waals surface area contributed by atoms with Crippen LogP contribution in [0.25, 0.3) is 0 Å². The zero-order valence-corrected chi connectivity index (χ0v) is 20.8. The Hall–Kier alpha value is -1.10. The van der Waals surface area contributed by atoms with Crippen molar-refractivity contribution in [3.05, 3.63) is 0 Å². The molecule has 0 unspecified atom stereocenters. The first-order valence-corrected chi connectivity index (χ1v) is 13.0. The summed E-state index contributed by atoms with van der Waals surface area (Å²) in [7, 11) is 1.45. The summed E-state index contributed by atoms with van der Waals surface area (Å²) in [4.78, 5) is 23.8. The van der Waals surface area contributed by atoms with E-state index < -0.39 is 0 Å². The van der Waals surface area contributed by atoms with Gasteiger partial charge in [-0.1, -0.05) is 33.6 Å². The molecule has 10 atom stereocenters. The van der Waals surface area contributed by atoms with Gasteiger partial charge in [-0.15, -0.1) is 0 Å². The van der Waals surface area contributed by atoms with Crippen molar-refractivity contribution in [2.45, 2.75) is 104 Å². The molecule has 0 heterocycles. The summed E-state index contributed by atoms with van der Waals surface area (Å²) in [5, 5.41) is 11.7. The molecular weight excluding hydrogens is 404 g/mol. The highest BCUT2D eigenvalue weighted by Crippen LogP contribution is 2.68. The summed E-state index contributed by atoms with van der Waals surface area (Å²) in [6, 6.07) is 0. The summed E-state index contributed by atoms with van der Waals surface area (Å²) in [6.45, 7) is 8.56. The zero-order chi connectivity index (χ0) is 23.3. The number of fused-ring (bicyclic) bond motifs is 5. The van der Waals surface area contributed by atoms with E-state index in [1.165, 1.54) is 32.8 Å². The minimum atomic E-state index is -0.336. The first kappa shape index (κ1) is 24.0. The van der Waals surface area contributed by atoms with Gasteiger partial charge in [0.1, 0.15) is 6.10 Å². The molecule has 4 fully saturated rings. The maximum atomic E-state index is 12.1. The van der Waals surface area contributed by atoms with Crippen LogP contribution in [0.5, 0.6) is 0 Å². The highest BCUT2D eigenvalue weighted by Gasteiger charge is 2.66. The summed E-state index contributed by atoms with van der Waals surface area (Å²) in [5.74, 6) is 2.13. The smallest absolute Gasteiger partial charge is 0.305 e. The van der Waals surface area contributed by atoms with Crippen molar-refractivity contribution >= 4 is 11.9 Å². The quantitative estimate of drug-likeness (QED) is 0.590. The van der Waals surface area contributed by atoms with Gasteiger partial charge in [-0.2, -0.15) is 0 Å². The van der Waals surface area contributed by atoms with Crippen LogP contribution in [-0.2, 0) is 19.1 Å². The molecule has 0 spiro atoms. The lowest BCUT2D eigenvalue weighted by molar-refractivity contribution is -0.212. The molecular formula is C27H44O5. The topological polar surface area (TPSA) is 72.8 Å². The molecule has 0 aliphatic heterocycles. The fraction of sp³-hybridized carbons (Fsp3) is 0.926. The molecule has 0 aromatic rings. The number of methoxy groups -OCH3 is 1. The summed E-state index contributed by atoms with van der Waals surface area (Å²) >= 11 is 0. The molecule has 4 saturated carbocycles. The molecule has 4 rings (SSSR count). The fourth-order valence-electron chi connectivity index (χ4n) is 9.15. The van der Waals surface area contributed by atoms with Crippen LogP contribution in [0.1, 0.15) is 91.9 Å². The molecule has 0 radical (unpaired) electrons. The van der Waals surface area contributed by atoms with E-state index in [0.29, 0.717) is 41.9 Å². The molecule has 0 aromatic carbocycles. The predicted octanol–water partition coefficient (Wildman–Crippen LogP) is 5.14. The van der Waals surface area contributed by atoms with E-state index in [1.807, 2.05) is 0 Å². The number of rotatable bonds is 5. The van der Waals surface area contributed by atoms with Gasteiger partial charge in [-0.05, 0) is 85.4 Å². The van der Waals surface area contributed by atoms with Crippen LogP contribution in [0.2, 0.25) is 0 Å². The lowest BCUT2D eigenvalue weighted by Crippen LogP contribution is -2.62. The van der Waals surface area contributed by atoms with Gasteiger partial charge < -0.3 is 14.6 Å². The van der Waals surface area contributed by atoms with Crippen molar-refractivity contribution < 1.29 is 24.2 Å². The van der Waals surface area contributed by atoms with Gasteiger partial charge in [0.05, 0.1) is 13.2 Å². The molecule has 4 aliphatic carbocycles. The van der Waals surface area contributed by atoms with Gasteiger partial charge in [-0.3, -0.25) is 9.59 Å². The van der Waals surface area contributed by atoms with E-state index in [9.17, 15) is 14.7 Å². The van der Waals surface area contributed by atoms with Gasteiger partial charge in [0.2, 0.25) is 0 Å². The fourth-order valence-corrected chi connectivity index (χ4v) is 9.15. The number of carbonyl (C=O) groups excluding carboxylic acids is 2. The van der Waals surface area contributed by atoms with Gasteiger partial charge in [0, 0.05) is 19.3 Å². The van der Waals surface area contributed by atoms with Crippen molar-refractivity contribution in [1.82, 2.24) is 0 Å². The number of hydrogen-bond donors (Lipinski definition) is 1. The minimum Gasteiger partial charge on any atom is -0.469 e. The molecule has 0 bridgehead atoms. The van der Waals surface area contributed by atoms with E-state index in [1.54, 1.807) is 6.92 Å². The Bertz CT molecular complexity index is 721. The van der Waals surface area contributed by atoms with E-state index in [2.05, 4.69) is 20.8 Å². The van der Waals surface area contributed by atoms with E-state index in [0.717, 1.165) is 32.1 Å². The van der Waals surface area contributed by atoms with Gasteiger partial charge in [0.15, 0.2) is 0 Å². The Morgan fingerprint density at radius 3 is 2.53 bits per heavy atom. The van der Waals surface area contributed by atoms with Crippen molar-refractivity contribution in [2.75, 3.05) is 7.11 Å². The van der Waals surface area contributed by atoms with Crippen LogP contribution in [0.4, 0.5) is 0 Å². The second-order valence-electron chi connectivity index (χ2n) is 12.0. The van der Waals surface area contributed by atoms with E-state index >= 15 is 0 Å². The molecule has 32 heavy (non-hydrogen) atoms. The third-order valence-corrected chi connectivity index (χ3v) is 10.8. The standard InChI is InChI=1S/C27H44O5/c1-16(9-12-24(30)31-5)19-10-11-20-25-21(15-23(29)27(19,20)4)26(3)13-7-6-8-18(26)14-22(25)32-17(2)28/h16,18-23,25,29H,6-15H2,1-5H3/t16-,18+,19-,20+,21+,22-,23+,25+,26+,27-/m1/s1. The first-order valence-electron chi connectivity index (χ1n) is 13.0. The number of aliphatic hydroxyl groups is 1. The SMILES string of the molecule is COC(=O)CC[C@@H](C)[C@H]1CC[C@H]2[C@@H]3[C@H](OC(C)=O)C[C@@H]4CCCC[C@]4(C)[C@H]3C[C@H](O)[C@]12C. The average molecular weight is 449 g/mol. The molecule has 5 nitrogen and oxygen atoms in total. The zero-order valence-electron chi connectivity index (χ0n) is 20.8. The number of esters is 2. The number of aliphatic hydroxyl groups excluding tert-OH is 1. The van der Waals surface area contributed by atoms with Crippen molar-refractivity contribution in [2.24, 2.45) is 46.3 Å². The predicted molar refractivity (Wildman–Crippen MR) is 123 cm³/mol. The van der Waals surface area contributed by atoms with Gasteiger partial charge in [0.25, 0.3) is 0 Å². The highest BCUT2D eigenvalue weighted by molar-refractivity contribution is 5.69. The summed E-state index contributed by atoms with van der Waals surface area (Å²) in [5.41, 5.74) is 0.0590. The second kappa shape index (κ2) is 8.92.